The maximum atomic E-state index is 12.9. The van der Waals surface area contributed by atoms with Crippen LogP contribution in [-0.4, -0.2) is 15.7 Å². The predicted molar refractivity (Wildman–Crippen MR) is 122 cm³/mol. The van der Waals surface area contributed by atoms with E-state index in [1.165, 1.54) is 6.21 Å². The van der Waals surface area contributed by atoms with Crippen LogP contribution in [0.25, 0.3) is 10.9 Å². The lowest BCUT2D eigenvalue weighted by molar-refractivity contribution is -0.384. The second-order valence-electron chi connectivity index (χ2n) is 7.36. The van der Waals surface area contributed by atoms with Gasteiger partial charge in [0.05, 0.1) is 28.3 Å². The van der Waals surface area contributed by atoms with Crippen LogP contribution >= 0.6 is 0 Å². The van der Waals surface area contributed by atoms with Crippen molar-refractivity contribution in [3.05, 3.63) is 105 Å². The molecule has 34 heavy (non-hydrogen) atoms. The van der Waals surface area contributed by atoms with Crippen LogP contribution in [0.5, 0.6) is 0 Å². The van der Waals surface area contributed by atoms with E-state index in [4.69, 9.17) is 0 Å². The Labute approximate surface area is 191 Å². The summed E-state index contributed by atoms with van der Waals surface area (Å²) in [5.41, 5.74) is 3.43. The van der Waals surface area contributed by atoms with E-state index in [-0.39, 0.29) is 5.69 Å². The van der Waals surface area contributed by atoms with Crippen LogP contribution in [0.15, 0.2) is 78.0 Å². The summed E-state index contributed by atoms with van der Waals surface area (Å²) in [6.45, 7) is 0.440. The van der Waals surface area contributed by atoms with E-state index in [9.17, 15) is 28.5 Å². The number of hydrazone groups is 1. The number of hydrogen-bond acceptors (Lipinski definition) is 5. The van der Waals surface area contributed by atoms with Gasteiger partial charge in [0.2, 0.25) is 0 Å². The molecular formula is C24H16F3N5O2. The van der Waals surface area contributed by atoms with Crippen molar-refractivity contribution in [1.29, 1.82) is 5.26 Å². The van der Waals surface area contributed by atoms with E-state index in [0.29, 0.717) is 23.7 Å². The van der Waals surface area contributed by atoms with Crippen molar-refractivity contribution < 1.29 is 18.1 Å². The minimum Gasteiger partial charge on any atom is -0.342 e. The first-order valence-electron chi connectivity index (χ1n) is 9.98. The van der Waals surface area contributed by atoms with Crippen LogP contribution in [0.4, 0.5) is 24.5 Å². The summed E-state index contributed by atoms with van der Waals surface area (Å²) in [6.07, 6.45) is -1.43. The summed E-state index contributed by atoms with van der Waals surface area (Å²) in [5, 5.41) is 25.5. The molecule has 0 bridgehead atoms. The molecule has 7 nitrogen and oxygen atoms in total. The second kappa shape index (κ2) is 9.07. The number of fused-ring (bicyclic) bond motifs is 1. The van der Waals surface area contributed by atoms with E-state index in [1.807, 2.05) is 47.2 Å². The number of rotatable bonds is 6. The zero-order valence-electron chi connectivity index (χ0n) is 17.5. The fourth-order valence-corrected chi connectivity index (χ4v) is 3.58. The minimum absolute atomic E-state index is 0.166. The average molecular weight is 463 g/mol. The van der Waals surface area contributed by atoms with Gasteiger partial charge in [-0.1, -0.05) is 36.4 Å². The molecule has 0 saturated carbocycles. The highest BCUT2D eigenvalue weighted by atomic mass is 19.4. The molecule has 0 spiro atoms. The van der Waals surface area contributed by atoms with Gasteiger partial charge in [-0.2, -0.15) is 23.5 Å². The predicted octanol–water partition coefficient (Wildman–Crippen LogP) is 5.93. The largest absolute Gasteiger partial charge is 0.416 e. The number of nitriles is 1. The molecule has 0 unspecified atom stereocenters. The van der Waals surface area contributed by atoms with Gasteiger partial charge in [-0.05, 0) is 29.8 Å². The highest BCUT2D eigenvalue weighted by Crippen LogP contribution is 2.35. The topological polar surface area (TPSA) is 96.2 Å². The van der Waals surface area contributed by atoms with Gasteiger partial charge in [-0.15, -0.1) is 0 Å². The Balaban J connectivity index is 1.64. The number of anilines is 1. The van der Waals surface area contributed by atoms with Gasteiger partial charge in [-0.3, -0.25) is 15.5 Å². The second-order valence-corrected chi connectivity index (χ2v) is 7.36. The number of hydrogen-bond donors (Lipinski definition) is 1. The molecule has 1 heterocycles. The molecule has 3 aromatic carbocycles. The van der Waals surface area contributed by atoms with Crippen molar-refractivity contribution in [3.63, 3.8) is 0 Å². The molecule has 1 aromatic heterocycles. The van der Waals surface area contributed by atoms with E-state index in [1.54, 1.807) is 12.1 Å². The molecule has 0 saturated heterocycles. The molecule has 170 valence electrons. The summed E-state index contributed by atoms with van der Waals surface area (Å²) < 4.78 is 40.6. The van der Waals surface area contributed by atoms with Crippen molar-refractivity contribution in [2.24, 2.45) is 5.10 Å². The Bertz CT molecular complexity index is 1450. The monoisotopic (exact) mass is 463 g/mol. The zero-order valence-corrected chi connectivity index (χ0v) is 17.5. The smallest absolute Gasteiger partial charge is 0.342 e. The number of alkyl halides is 3. The molecule has 0 radical (unpaired) electrons. The van der Waals surface area contributed by atoms with Crippen molar-refractivity contribution in [2.75, 3.05) is 5.43 Å². The highest BCUT2D eigenvalue weighted by molar-refractivity contribution is 5.99. The number of aromatic nitrogens is 1. The number of benzene rings is 3. The summed E-state index contributed by atoms with van der Waals surface area (Å²) in [4.78, 5) is 10.4. The van der Waals surface area contributed by atoms with E-state index in [0.717, 1.165) is 28.6 Å². The van der Waals surface area contributed by atoms with Crippen LogP contribution in [0, 0.1) is 21.4 Å². The molecule has 0 fully saturated rings. The standard InChI is InChI=1S/C24H16F3N5O2/c25-24(26,27)19-9-10-21(23(11-19)32(33)34)30-29-13-18-15-31(22-8-4-3-7-20(18)22)14-17-6-2-1-5-16(17)12-28/h1-11,13,15,30H,14H2/b29-13-. The Morgan fingerprint density at radius 1 is 1.12 bits per heavy atom. The van der Waals surface area contributed by atoms with Crippen molar-refractivity contribution in [3.8, 4) is 6.07 Å². The lowest BCUT2D eigenvalue weighted by Gasteiger charge is -2.08. The molecule has 1 N–H and O–H groups in total. The molecule has 0 atom stereocenters. The highest BCUT2D eigenvalue weighted by Gasteiger charge is 2.33. The summed E-state index contributed by atoms with van der Waals surface area (Å²) in [5.74, 6) is 0. The first kappa shape index (κ1) is 22.5. The van der Waals surface area contributed by atoms with E-state index >= 15 is 0 Å². The van der Waals surface area contributed by atoms with Crippen LogP contribution in [-0.2, 0) is 12.7 Å². The molecule has 4 aromatic rings. The Kier molecular flexibility index (Phi) is 6.01. The Morgan fingerprint density at radius 2 is 1.85 bits per heavy atom. The van der Waals surface area contributed by atoms with Crippen LogP contribution in [0.2, 0.25) is 0 Å². The van der Waals surface area contributed by atoms with Gasteiger partial charge < -0.3 is 4.57 Å². The van der Waals surface area contributed by atoms with Gasteiger partial charge >= 0.3 is 6.18 Å². The molecule has 0 amide bonds. The lowest BCUT2D eigenvalue weighted by Crippen LogP contribution is -2.06. The van der Waals surface area contributed by atoms with Crippen LogP contribution in [0.1, 0.15) is 22.3 Å². The van der Waals surface area contributed by atoms with Crippen LogP contribution < -0.4 is 5.43 Å². The first-order valence-corrected chi connectivity index (χ1v) is 9.98. The maximum absolute atomic E-state index is 12.9. The Hall–Kier alpha value is -4.65. The zero-order chi connectivity index (χ0) is 24.3. The molecule has 0 aliphatic carbocycles. The average Bonchev–Trinajstić information content (AvgIpc) is 3.16. The molecule has 0 aliphatic heterocycles. The summed E-state index contributed by atoms with van der Waals surface area (Å²) in [7, 11) is 0. The first-order chi connectivity index (χ1) is 16.3. The van der Waals surface area contributed by atoms with Gasteiger partial charge in [0, 0.05) is 35.3 Å². The summed E-state index contributed by atoms with van der Waals surface area (Å²) in [6, 6.07) is 19.1. The maximum Gasteiger partial charge on any atom is 0.416 e. The van der Waals surface area contributed by atoms with Gasteiger partial charge in [0.25, 0.3) is 5.69 Å². The van der Waals surface area contributed by atoms with Crippen molar-refractivity contribution in [1.82, 2.24) is 4.57 Å². The van der Waals surface area contributed by atoms with Crippen molar-refractivity contribution >= 4 is 28.5 Å². The fourth-order valence-electron chi connectivity index (χ4n) is 3.58. The van der Waals surface area contributed by atoms with Crippen LogP contribution in [0.3, 0.4) is 0 Å². The third-order valence-corrected chi connectivity index (χ3v) is 5.21. The van der Waals surface area contributed by atoms with E-state index < -0.39 is 22.4 Å². The third kappa shape index (κ3) is 4.59. The molecule has 0 aliphatic rings. The number of para-hydroxylation sites is 1. The number of halogens is 3. The lowest BCUT2D eigenvalue weighted by atomic mass is 10.1. The Morgan fingerprint density at radius 3 is 2.59 bits per heavy atom. The molecule has 4 rings (SSSR count). The van der Waals surface area contributed by atoms with Crippen molar-refractivity contribution in [2.45, 2.75) is 12.7 Å². The fraction of sp³-hybridized carbons (Fsp3) is 0.0833. The molecular weight excluding hydrogens is 447 g/mol. The quantitative estimate of drug-likeness (QED) is 0.218. The van der Waals surface area contributed by atoms with Gasteiger partial charge in [0.15, 0.2) is 0 Å². The third-order valence-electron chi connectivity index (χ3n) is 5.21. The number of nitrogens with one attached hydrogen (secondary N) is 1. The van der Waals surface area contributed by atoms with Gasteiger partial charge in [0.1, 0.15) is 5.69 Å². The number of nitro benzene ring substituents is 1. The minimum atomic E-state index is -4.70. The number of nitro groups is 1. The SMILES string of the molecule is N#Cc1ccccc1Cn1cc(/C=N\Nc2ccc(C(F)(F)F)cc2[N+](=O)[O-])c2ccccc21. The number of nitrogens with zero attached hydrogens (tertiary/aromatic N) is 4. The van der Waals surface area contributed by atoms with Gasteiger partial charge in [-0.25, -0.2) is 0 Å². The normalized spacial score (nSPS) is 11.6. The molecule has 10 heteroatoms. The summed E-state index contributed by atoms with van der Waals surface area (Å²) >= 11 is 0. The van der Waals surface area contributed by atoms with E-state index in [2.05, 4.69) is 16.6 Å².